The maximum absolute atomic E-state index is 4.30. The summed E-state index contributed by atoms with van der Waals surface area (Å²) in [5, 5.41) is 3.57. The lowest BCUT2D eigenvalue weighted by molar-refractivity contribution is 0.365. The zero-order chi connectivity index (χ0) is 42.1. The van der Waals surface area contributed by atoms with Crippen molar-refractivity contribution in [2.24, 2.45) is 5.92 Å². The molecular weight excluding hydrogens is 699 g/mol. The smallest absolute Gasteiger partial charge is 0.0161 e. The fourth-order valence-corrected chi connectivity index (χ4v) is 8.96. The fourth-order valence-electron chi connectivity index (χ4n) is 8.96. The molecule has 0 saturated carbocycles. The highest BCUT2D eigenvalue weighted by molar-refractivity contribution is 4.97. The van der Waals surface area contributed by atoms with E-state index in [2.05, 4.69) is 51.4 Å². The molecule has 0 aliphatic heterocycles. The maximum atomic E-state index is 4.30. The van der Waals surface area contributed by atoms with Crippen molar-refractivity contribution in [2.75, 3.05) is 13.1 Å². The molecule has 344 valence electrons. The lowest BCUT2D eigenvalue weighted by Gasteiger charge is -2.17. The summed E-state index contributed by atoms with van der Waals surface area (Å²) in [4.78, 5) is 0. The first-order chi connectivity index (χ1) is 28.6. The van der Waals surface area contributed by atoms with E-state index in [1.807, 2.05) is 0 Å². The summed E-state index contributed by atoms with van der Waals surface area (Å²) in [5.74, 6) is 1.01. The van der Waals surface area contributed by atoms with Crippen LogP contribution in [0.1, 0.15) is 310 Å². The van der Waals surface area contributed by atoms with E-state index in [1.54, 1.807) is 0 Å². The third-order valence-electron chi connectivity index (χ3n) is 13.2. The van der Waals surface area contributed by atoms with Gasteiger partial charge in [-0.2, -0.15) is 0 Å². The number of allylic oxidation sites excluding steroid dienone is 3. The second-order valence-electron chi connectivity index (χ2n) is 19.2. The lowest BCUT2D eigenvalue weighted by Crippen LogP contribution is -2.18. The molecule has 1 N–H and O–H groups in total. The monoisotopic (exact) mass is 810 g/mol. The van der Waals surface area contributed by atoms with Crippen LogP contribution in [0.25, 0.3) is 0 Å². The molecule has 0 amide bonds. The van der Waals surface area contributed by atoms with Gasteiger partial charge in [0.25, 0.3) is 0 Å². The highest BCUT2D eigenvalue weighted by atomic mass is 14.8. The second-order valence-corrected chi connectivity index (χ2v) is 19.2. The summed E-state index contributed by atoms with van der Waals surface area (Å²) >= 11 is 0. The Labute approximate surface area is 369 Å². The average molecular weight is 811 g/mol. The van der Waals surface area contributed by atoms with E-state index in [0.717, 1.165) is 31.8 Å². The molecule has 1 nitrogen and oxygen atoms in total. The molecule has 1 atom stereocenters. The quantitative estimate of drug-likeness (QED) is 0.0477. The van der Waals surface area contributed by atoms with Gasteiger partial charge in [-0.3, -0.25) is 0 Å². The summed E-state index contributed by atoms with van der Waals surface area (Å²) in [6.45, 7) is 17.3. The maximum Gasteiger partial charge on any atom is 0.0161 e. The molecule has 0 spiro atoms. The van der Waals surface area contributed by atoms with Gasteiger partial charge >= 0.3 is 0 Å². The molecule has 1 unspecified atom stereocenters. The van der Waals surface area contributed by atoms with Crippen LogP contribution >= 0.6 is 0 Å². The second kappa shape index (κ2) is 50.5. The predicted molar refractivity (Wildman–Crippen MR) is 269 cm³/mol. The van der Waals surface area contributed by atoms with Crippen molar-refractivity contribution in [3.8, 4) is 0 Å². The minimum absolute atomic E-state index is 0.997. The summed E-state index contributed by atoms with van der Waals surface area (Å²) < 4.78 is 0. The third-order valence-corrected chi connectivity index (χ3v) is 13.2. The number of rotatable bonds is 51. The lowest BCUT2D eigenvalue weighted by atomic mass is 9.89. The van der Waals surface area contributed by atoms with E-state index in [-0.39, 0.29) is 0 Å². The molecule has 0 aliphatic rings. The van der Waals surface area contributed by atoms with Gasteiger partial charge in [-0.25, -0.2) is 0 Å². The Morgan fingerprint density at radius 2 is 0.672 bits per heavy atom. The topological polar surface area (TPSA) is 12.0 Å². The van der Waals surface area contributed by atoms with Gasteiger partial charge in [0.05, 0.1) is 0 Å². The Kier molecular flexibility index (Phi) is 49.8. The number of hydrogen-bond donors (Lipinski definition) is 1. The van der Waals surface area contributed by atoms with Gasteiger partial charge in [-0.15, -0.1) is 0 Å². The van der Waals surface area contributed by atoms with Crippen LogP contribution in [-0.2, 0) is 0 Å². The zero-order valence-corrected chi connectivity index (χ0v) is 40.9. The Bertz CT molecular complexity index is 823. The minimum Gasteiger partial charge on any atom is -0.313 e. The van der Waals surface area contributed by atoms with Crippen LogP contribution < -0.4 is 5.32 Å². The summed E-state index contributed by atoms with van der Waals surface area (Å²) in [6.07, 6.45) is 69.0. The van der Waals surface area contributed by atoms with Crippen molar-refractivity contribution in [3.63, 3.8) is 0 Å². The highest BCUT2D eigenvalue weighted by Crippen LogP contribution is 2.25. The molecule has 0 heterocycles. The van der Waals surface area contributed by atoms with Crippen LogP contribution in [0.5, 0.6) is 0 Å². The molecule has 0 radical (unpaired) electrons. The molecule has 0 aromatic rings. The van der Waals surface area contributed by atoms with Crippen molar-refractivity contribution in [1.82, 2.24) is 5.32 Å². The van der Waals surface area contributed by atoms with Crippen molar-refractivity contribution in [1.29, 1.82) is 0 Å². The van der Waals surface area contributed by atoms with Crippen molar-refractivity contribution in [2.45, 2.75) is 310 Å². The average Bonchev–Trinajstić information content (AvgIpc) is 3.23. The molecule has 0 aromatic heterocycles. The molecule has 0 bridgehead atoms. The molecule has 58 heavy (non-hydrogen) atoms. The van der Waals surface area contributed by atoms with Gasteiger partial charge < -0.3 is 5.32 Å². The molecular formula is C57H111N. The van der Waals surface area contributed by atoms with Gasteiger partial charge in [-0.1, -0.05) is 288 Å². The van der Waals surface area contributed by atoms with E-state index >= 15 is 0 Å². The first-order valence-electron chi connectivity index (χ1n) is 27.3. The van der Waals surface area contributed by atoms with E-state index in [9.17, 15) is 0 Å². The van der Waals surface area contributed by atoms with E-state index in [1.165, 1.54) is 287 Å². The molecule has 0 aliphatic carbocycles. The Hall–Kier alpha value is -0.820. The van der Waals surface area contributed by atoms with Crippen molar-refractivity contribution in [3.05, 3.63) is 36.5 Å². The zero-order valence-electron chi connectivity index (χ0n) is 40.9. The van der Waals surface area contributed by atoms with Crippen LogP contribution in [0.3, 0.4) is 0 Å². The standard InChI is InChI=1S/C57H111N/c1-6-9-11-13-15-17-19-20-21-22-23-24-25-29-33-37-41-45-51-57(50-44-40-36-32-18-16-14-12-10-7-2)52-46-42-38-34-30-27-26-28-31-35-39-43-48-56(5)54-58-53-47-49-55(4)8-3/h21-22,57-58H,4-20,23-54H2,1-3H3/b22-21-. The highest BCUT2D eigenvalue weighted by Gasteiger charge is 2.09. The molecule has 0 rings (SSSR count). The third kappa shape index (κ3) is 47.9. The first-order valence-corrected chi connectivity index (χ1v) is 27.3. The summed E-state index contributed by atoms with van der Waals surface area (Å²) in [5.41, 5.74) is 2.77. The summed E-state index contributed by atoms with van der Waals surface area (Å²) in [6, 6.07) is 0. The molecule has 0 aromatic carbocycles. The largest absolute Gasteiger partial charge is 0.313 e. The normalized spacial score (nSPS) is 12.3. The predicted octanol–water partition coefficient (Wildman–Crippen LogP) is 20.5. The van der Waals surface area contributed by atoms with Crippen molar-refractivity contribution >= 4 is 0 Å². The number of hydrogen-bond acceptors (Lipinski definition) is 1. The Morgan fingerprint density at radius 1 is 0.362 bits per heavy atom. The van der Waals surface area contributed by atoms with Gasteiger partial charge in [-0.05, 0) is 70.3 Å². The molecule has 1 heteroatoms. The van der Waals surface area contributed by atoms with Crippen LogP contribution in [0.15, 0.2) is 36.5 Å². The first kappa shape index (κ1) is 57.2. The molecule has 0 fully saturated rings. The van der Waals surface area contributed by atoms with E-state index < -0.39 is 0 Å². The fraction of sp³-hybridized carbons (Fsp3) is 0.895. The van der Waals surface area contributed by atoms with E-state index in [4.69, 9.17) is 0 Å². The van der Waals surface area contributed by atoms with E-state index in [0.29, 0.717) is 0 Å². The Balaban J connectivity index is 3.92. The Morgan fingerprint density at radius 3 is 1.03 bits per heavy atom. The SMILES string of the molecule is C=C(CC)CCCNCC(=C)CCCCCCCCCCCCCCC(CCCCCCCCC/C=C\CCCCCCCCC)CCCCCCCCCCCC. The van der Waals surface area contributed by atoms with Crippen LogP contribution in [0, 0.1) is 5.92 Å². The number of unbranched alkanes of at least 4 members (excludes halogenated alkanes) is 34. The van der Waals surface area contributed by atoms with Gasteiger partial charge in [0, 0.05) is 6.54 Å². The van der Waals surface area contributed by atoms with Crippen LogP contribution in [0.4, 0.5) is 0 Å². The minimum atomic E-state index is 0.997. The van der Waals surface area contributed by atoms with Gasteiger partial charge in [0.15, 0.2) is 0 Å². The van der Waals surface area contributed by atoms with Gasteiger partial charge in [0.1, 0.15) is 0 Å². The van der Waals surface area contributed by atoms with Gasteiger partial charge in [0.2, 0.25) is 0 Å². The van der Waals surface area contributed by atoms with Crippen LogP contribution in [-0.4, -0.2) is 13.1 Å². The summed E-state index contributed by atoms with van der Waals surface area (Å²) in [7, 11) is 0. The van der Waals surface area contributed by atoms with Crippen molar-refractivity contribution < 1.29 is 0 Å². The number of nitrogens with one attached hydrogen (secondary N) is 1. The van der Waals surface area contributed by atoms with Crippen LogP contribution in [0.2, 0.25) is 0 Å². The molecule has 0 saturated heterocycles.